The van der Waals surface area contributed by atoms with Gasteiger partial charge >= 0.3 is 5.69 Å². The Balaban J connectivity index is 1.60. The third-order valence-electron chi connectivity index (χ3n) is 5.86. The smallest absolute Gasteiger partial charge is 0.310 e. The number of anilines is 2. The van der Waals surface area contributed by atoms with Gasteiger partial charge in [-0.05, 0) is 30.2 Å². The first kappa shape index (κ1) is 20.3. The fourth-order valence-corrected chi connectivity index (χ4v) is 4.37. The molecule has 0 aliphatic carbocycles. The summed E-state index contributed by atoms with van der Waals surface area (Å²) in [6.45, 7) is 3.48. The number of fused-ring (bicyclic) bond motifs is 3. The molecule has 0 spiro atoms. The fourth-order valence-electron chi connectivity index (χ4n) is 4.20. The molecule has 2 aromatic heterocycles. The molecule has 162 valence electrons. The Morgan fingerprint density at radius 3 is 2.66 bits per heavy atom. The van der Waals surface area contributed by atoms with Gasteiger partial charge in [0, 0.05) is 37.4 Å². The third-order valence-corrected chi connectivity index (χ3v) is 6.10. The van der Waals surface area contributed by atoms with Crippen molar-refractivity contribution in [3.63, 3.8) is 0 Å². The summed E-state index contributed by atoms with van der Waals surface area (Å²) in [6.07, 6.45) is 3.73. The maximum Gasteiger partial charge on any atom is 0.332 e. The van der Waals surface area contributed by atoms with Crippen LogP contribution in [-0.4, -0.2) is 25.2 Å². The highest BCUT2D eigenvalue weighted by Gasteiger charge is 2.29. The van der Waals surface area contributed by atoms with Gasteiger partial charge in [0.05, 0.1) is 0 Å². The van der Waals surface area contributed by atoms with Gasteiger partial charge in [0.25, 0.3) is 5.56 Å². The number of benzene rings is 2. The van der Waals surface area contributed by atoms with Crippen molar-refractivity contribution < 1.29 is 0 Å². The lowest BCUT2D eigenvalue weighted by molar-refractivity contribution is 0.663. The molecule has 1 aliphatic rings. The van der Waals surface area contributed by atoms with E-state index in [1.165, 1.54) is 9.13 Å². The number of hydrogen-bond donors (Lipinski definition) is 0. The molecule has 0 atom stereocenters. The van der Waals surface area contributed by atoms with Gasteiger partial charge in [-0.1, -0.05) is 60.2 Å². The summed E-state index contributed by atoms with van der Waals surface area (Å²) in [5.41, 5.74) is 3.14. The molecule has 0 saturated heterocycles. The molecular formula is C24H22ClN5O2. The minimum Gasteiger partial charge on any atom is -0.310 e. The van der Waals surface area contributed by atoms with E-state index in [0.717, 1.165) is 16.8 Å². The van der Waals surface area contributed by atoms with E-state index in [9.17, 15) is 9.59 Å². The Hall–Kier alpha value is -3.58. The molecule has 4 aromatic rings. The standard InChI is InChI=1S/C24H22ClN5O2/c1-16-10-11-18(25)15-19(16)28-13-14-29-20-21(26-23(28)29)27(2)24(32)30(22(20)31)12-6-9-17-7-4-3-5-8-17/h3-11,15H,12-14H2,1-2H3/b9-6+. The van der Waals surface area contributed by atoms with E-state index in [2.05, 4.69) is 4.98 Å². The molecule has 32 heavy (non-hydrogen) atoms. The predicted molar refractivity (Wildman–Crippen MR) is 128 cm³/mol. The van der Waals surface area contributed by atoms with Crippen LogP contribution in [0.4, 0.5) is 11.6 Å². The van der Waals surface area contributed by atoms with E-state index in [1.807, 2.05) is 77.1 Å². The second-order valence-electron chi connectivity index (χ2n) is 7.89. The van der Waals surface area contributed by atoms with Gasteiger partial charge < -0.3 is 9.47 Å². The lowest BCUT2D eigenvalue weighted by Crippen LogP contribution is -2.39. The number of nitrogens with zero attached hydrogens (tertiary/aromatic N) is 5. The second kappa shape index (κ2) is 7.84. The number of imidazole rings is 1. The Bertz CT molecular complexity index is 1480. The highest BCUT2D eigenvalue weighted by atomic mass is 35.5. The Labute approximate surface area is 189 Å². The number of hydrogen-bond acceptors (Lipinski definition) is 4. The van der Waals surface area contributed by atoms with Crippen molar-refractivity contribution in [2.75, 3.05) is 11.4 Å². The summed E-state index contributed by atoms with van der Waals surface area (Å²) in [7, 11) is 1.65. The molecule has 0 bridgehead atoms. The molecule has 2 aromatic carbocycles. The Morgan fingerprint density at radius 1 is 1.09 bits per heavy atom. The van der Waals surface area contributed by atoms with Gasteiger partial charge in [-0.15, -0.1) is 0 Å². The maximum atomic E-state index is 13.3. The molecule has 0 N–H and O–H groups in total. The first-order valence-corrected chi connectivity index (χ1v) is 10.8. The monoisotopic (exact) mass is 447 g/mol. The normalized spacial score (nSPS) is 13.4. The summed E-state index contributed by atoms with van der Waals surface area (Å²) >= 11 is 6.23. The molecule has 0 amide bonds. The van der Waals surface area contributed by atoms with Crippen molar-refractivity contribution in [2.45, 2.75) is 20.0 Å². The number of halogens is 1. The van der Waals surface area contributed by atoms with Crippen molar-refractivity contribution >= 4 is 40.5 Å². The zero-order chi connectivity index (χ0) is 22.4. The quantitative estimate of drug-likeness (QED) is 0.478. The first-order chi connectivity index (χ1) is 15.5. The van der Waals surface area contributed by atoms with Crippen LogP contribution in [0, 0.1) is 6.92 Å². The van der Waals surface area contributed by atoms with Crippen LogP contribution in [0.3, 0.4) is 0 Å². The molecule has 0 unspecified atom stereocenters. The maximum absolute atomic E-state index is 13.3. The third kappa shape index (κ3) is 3.26. The lowest BCUT2D eigenvalue weighted by Gasteiger charge is -2.18. The molecule has 8 heteroatoms. The number of aryl methyl sites for hydroxylation is 2. The van der Waals surface area contributed by atoms with Crippen LogP contribution in [0.1, 0.15) is 11.1 Å². The zero-order valence-electron chi connectivity index (χ0n) is 17.8. The zero-order valence-corrected chi connectivity index (χ0v) is 18.6. The van der Waals surface area contributed by atoms with Crippen molar-refractivity contribution in [1.29, 1.82) is 0 Å². The summed E-state index contributed by atoms with van der Waals surface area (Å²) in [5, 5.41) is 0.639. The minimum absolute atomic E-state index is 0.188. The van der Waals surface area contributed by atoms with Crippen molar-refractivity contribution in [1.82, 2.24) is 18.7 Å². The van der Waals surface area contributed by atoms with Gasteiger partial charge in [-0.3, -0.25) is 13.9 Å². The largest absolute Gasteiger partial charge is 0.332 e. The summed E-state index contributed by atoms with van der Waals surface area (Å²) in [6, 6.07) is 15.5. The molecule has 3 heterocycles. The number of rotatable bonds is 4. The average molecular weight is 448 g/mol. The second-order valence-corrected chi connectivity index (χ2v) is 8.32. The molecular weight excluding hydrogens is 426 g/mol. The highest BCUT2D eigenvalue weighted by Crippen LogP contribution is 2.34. The fraction of sp³-hybridized carbons (Fsp3) is 0.208. The van der Waals surface area contributed by atoms with Gasteiger partial charge in [0.1, 0.15) is 0 Å². The molecule has 0 radical (unpaired) electrons. The summed E-state index contributed by atoms with van der Waals surface area (Å²) < 4.78 is 4.60. The van der Waals surface area contributed by atoms with Crippen LogP contribution in [0.15, 0.2) is 64.2 Å². The van der Waals surface area contributed by atoms with Crippen LogP contribution in [-0.2, 0) is 20.1 Å². The van der Waals surface area contributed by atoms with E-state index >= 15 is 0 Å². The van der Waals surface area contributed by atoms with E-state index in [1.54, 1.807) is 7.05 Å². The summed E-state index contributed by atoms with van der Waals surface area (Å²) in [5.74, 6) is 0.648. The highest BCUT2D eigenvalue weighted by molar-refractivity contribution is 6.30. The first-order valence-electron chi connectivity index (χ1n) is 10.4. The van der Waals surface area contributed by atoms with Crippen LogP contribution in [0.25, 0.3) is 17.2 Å². The molecule has 5 rings (SSSR count). The van der Waals surface area contributed by atoms with Crippen LogP contribution in [0.5, 0.6) is 0 Å². The van der Waals surface area contributed by atoms with Crippen LogP contribution >= 0.6 is 11.6 Å². The predicted octanol–water partition coefficient (Wildman–Crippen LogP) is 3.72. The van der Waals surface area contributed by atoms with Gasteiger partial charge in [-0.25, -0.2) is 4.79 Å². The van der Waals surface area contributed by atoms with Gasteiger partial charge in [0.15, 0.2) is 11.2 Å². The van der Waals surface area contributed by atoms with E-state index in [-0.39, 0.29) is 17.8 Å². The molecule has 7 nitrogen and oxygen atoms in total. The topological polar surface area (TPSA) is 65.1 Å². The molecule has 1 aliphatic heterocycles. The van der Waals surface area contributed by atoms with Crippen molar-refractivity contribution in [2.24, 2.45) is 7.05 Å². The van der Waals surface area contributed by atoms with Crippen LogP contribution in [0.2, 0.25) is 5.02 Å². The van der Waals surface area contributed by atoms with Gasteiger partial charge in [0.2, 0.25) is 5.95 Å². The van der Waals surface area contributed by atoms with E-state index < -0.39 is 0 Å². The Morgan fingerprint density at radius 2 is 1.88 bits per heavy atom. The van der Waals surface area contributed by atoms with Crippen LogP contribution < -0.4 is 16.1 Å². The average Bonchev–Trinajstić information content (AvgIpc) is 3.36. The van der Waals surface area contributed by atoms with Gasteiger partial charge in [-0.2, -0.15) is 4.98 Å². The molecule has 0 fully saturated rings. The van der Waals surface area contributed by atoms with Crippen molar-refractivity contribution in [3.05, 3.63) is 91.6 Å². The lowest BCUT2D eigenvalue weighted by atomic mass is 10.2. The summed E-state index contributed by atoms with van der Waals surface area (Å²) in [4.78, 5) is 33.0. The number of aromatic nitrogens is 4. The number of allylic oxidation sites excluding steroid dienone is 1. The van der Waals surface area contributed by atoms with E-state index in [4.69, 9.17) is 11.6 Å². The molecule has 0 saturated carbocycles. The van der Waals surface area contributed by atoms with Crippen molar-refractivity contribution in [3.8, 4) is 0 Å². The van der Waals surface area contributed by atoms with E-state index in [0.29, 0.717) is 35.2 Å². The Kier molecular flexibility index (Phi) is 4.98. The SMILES string of the molecule is Cc1ccc(Cl)cc1N1CCn2c1nc1c2c(=O)n(C/C=C/c2ccccc2)c(=O)n1C. The minimum atomic E-state index is -0.387.